The molecule has 3 aliphatic rings. The van der Waals surface area contributed by atoms with Crippen molar-refractivity contribution >= 4 is 5.91 Å². The maximum Gasteiger partial charge on any atom is 0.258 e. The molecule has 3 heterocycles. The number of carbonyl (C=O) groups is 1. The van der Waals surface area contributed by atoms with Crippen LogP contribution in [-0.2, 0) is 12.8 Å². The van der Waals surface area contributed by atoms with Crippen molar-refractivity contribution < 1.29 is 14.3 Å². The first kappa shape index (κ1) is 13.0. The monoisotopic (exact) mass is 287 g/mol. The topological polar surface area (TPSA) is 38.8 Å². The number of amides is 1. The SMILES string of the molecule is CC1CCN(C(=O)c2c3c(cc4c2OCC4)OCC3)CC1. The van der Waals surface area contributed by atoms with Crippen LogP contribution in [-0.4, -0.2) is 37.1 Å². The van der Waals surface area contributed by atoms with E-state index in [0.717, 1.165) is 72.9 Å². The summed E-state index contributed by atoms with van der Waals surface area (Å²) in [6.07, 6.45) is 3.89. The lowest BCUT2D eigenvalue weighted by Gasteiger charge is -2.31. The number of hydrogen-bond acceptors (Lipinski definition) is 3. The molecule has 0 unspecified atom stereocenters. The number of nitrogens with zero attached hydrogens (tertiary/aromatic N) is 1. The van der Waals surface area contributed by atoms with Gasteiger partial charge >= 0.3 is 0 Å². The second-order valence-corrected chi connectivity index (χ2v) is 6.39. The van der Waals surface area contributed by atoms with E-state index in [0.29, 0.717) is 13.2 Å². The third-order valence-corrected chi connectivity index (χ3v) is 4.94. The molecule has 3 aliphatic heterocycles. The summed E-state index contributed by atoms with van der Waals surface area (Å²) in [4.78, 5) is 15.0. The number of likely N-dealkylation sites (tertiary alicyclic amines) is 1. The Morgan fingerprint density at radius 3 is 2.76 bits per heavy atom. The minimum Gasteiger partial charge on any atom is -0.493 e. The molecule has 0 bridgehead atoms. The van der Waals surface area contributed by atoms with Crippen molar-refractivity contribution in [3.05, 3.63) is 22.8 Å². The zero-order valence-corrected chi connectivity index (χ0v) is 12.5. The van der Waals surface area contributed by atoms with E-state index in [4.69, 9.17) is 9.47 Å². The third-order valence-electron chi connectivity index (χ3n) is 4.94. The van der Waals surface area contributed by atoms with Gasteiger partial charge in [-0.3, -0.25) is 4.79 Å². The van der Waals surface area contributed by atoms with Crippen molar-refractivity contribution in [1.29, 1.82) is 0 Å². The number of carbonyl (C=O) groups excluding carboxylic acids is 1. The molecule has 1 saturated heterocycles. The maximum atomic E-state index is 13.0. The summed E-state index contributed by atoms with van der Waals surface area (Å²) < 4.78 is 11.5. The van der Waals surface area contributed by atoms with Gasteiger partial charge in [0, 0.05) is 37.1 Å². The van der Waals surface area contributed by atoms with Gasteiger partial charge in [-0.25, -0.2) is 0 Å². The van der Waals surface area contributed by atoms with Crippen LogP contribution < -0.4 is 9.47 Å². The van der Waals surface area contributed by atoms with Gasteiger partial charge in [0.25, 0.3) is 5.91 Å². The Kier molecular flexibility index (Phi) is 3.05. The van der Waals surface area contributed by atoms with Crippen molar-refractivity contribution in [3.63, 3.8) is 0 Å². The Morgan fingerprint density at radius 2 is 1.95 bits per heavy atom. The first-order valence-electron chi connectivity index (χ1n) is 7.97. The van der Waals surface area contributed by atoms with Crippen molar-refractivity contribution in [2.75, 3.05) is 26.3 Å². The quantitative estimate of drug-likeness (QED) is 0.796. The maximum absolute atomic E-state index is 13.0. The van der Waals surface area contributed by atoms with Gasteiger partial charge < -0.3 is 14.4 Å². The highest BCUT2D eigenvalue weighted by Crippen LogP contribution is 2.41. The zero-order chi connectivity index (χ0) is 14.4. The fourth-order valence-electron chi connectivity index (χ4n) is 3.58. The van der Waals surface area contributed by atoms with Crippen LogP contribution in [0, 0.1) is 5.92 Å². The fraction of sp³-hybridized carbons (Fsp3) is 0.588. The molecule has 1 amide bonds. The highest BCUT2D eigenvalue weighted by molar-refractivity contribution is 6.00. The molecule has 1 aromatic carbocycles. The lowest BCUT2D eigenvalue weighted by atomic mass is 9.95. The molecule has 0 aliphatic carbocycles. The molecule has 0 radical (unpaired) electrons. The molecule has 0 aromatic heterocycles. The Hall–Kier alpha value is -1.71. The van der Waals surface area contributed by atoms with Crippen LogP contribution in [0.1, 0.15) is 41.3 Å². The van der Waals surface area contributed by atoms with E-state index in [1.165, 1.54) is 0 Å². The summed E-state index contributed by atoms with van der Waals surface area (Å²) in [5.74, 6) is 2.58. The predicted molar refractivity (Wildman–Crippen MR) is 79.1 cm³/mol. The van der Waals surface area contributed by atoms with E-state index in [1.807, 2.05) is 4.90 Å². The zero-order valence-electron chi connectivity index (χ0n) is 12.5. The lowest BCUT2D eigenvalue weighted by Crippen LogP contribution is -2.38. The van der Waals surface area contributed by atoms with Crippen LogP contribution in [0.4, 0.5) is 0 Å². The van der Waals surface area contributed by atoms with Crippen LogP contribution in [0.5, 0.6) is 11.5 Å². The minimum absolute atomic E-state index is 0.141. The van der Waals surface area contributed by atoms with E-state index in [1.54, 1.807) is 0 Å². The van der Waals surface area contributed by atoms with Gasteiger partial charge in [0.15, 0.2) is 0 Å². The molecule has 0 saturated carbocycles. The molecule has 4 nitrogen and oxygen atoms in total. The predicted octanol–water partition coefficient (Wildman–Crippen LogP) is 2.43. The summed E-state index contributed by atoms with van der Waals surface area (Å²) in [5, 5.41) is 0. The molecule has 4 heteroatoms. The molecule has 1 aromatic rings. The van der Waals surface area contributed by atoms with Gasteiger partial charge in [-0.15, -0.1) is 0 Å². The van der Waals surface area contributed by atoms with Crippen LogP contribution in [0.2, 0.25) is 0 Å². The average Bonchev–Trinajstić information content (AvgIpc) is 3.12. The summed E-state index contributed by atoms with van der Waals surface area (Å²) in [7, 11) is 0. The molecule has 4 rings (SSSR count). The number of fused-ring (bicyclic) bond motifs is 2. The summed E-state index contributed by atoms with van der Waals surface area (Å²) in [5.41, 5.74) is 2.97. The van der Waals surface area contributed by atoms with Gasteiger partial charge in [0.05, 0.1) is 18.8 Å². The molecule has 0 spiro atoms. The van der Waals surface area contributed by atoms with Gasteiger partial charge in [-0.1, -0.05) is 6.92 Å². The highest BCUT2D eigenvalue weighted by Gasteiger charge is 2.33. The molecule has 21 heavy (non-hydrogen) atoms. The van der Waals surface area contributed by atoms with Gasteiger partial charge in [-0.05, 0) is 24.8 Å². The van der Waals surface area contributed by atoms with Gasteiger partial charge in [0.1, 0.15) is 11.5 Å². The summed E-state index contributed by atoms with van der Waals surface area (Å²) in [6.45, 7) is 5.33. The standard InChI is InChI=1S/C17H21NO3/c1-11-2-6-18(7-3-11)17(19)15-13-5-9-20-14(13)10-12-4-8-21-16(12)15/h10-11H,2-9H2,1H3. The minimum atomic E-state index is 0.141. The summed E-state index contributed by atoms with van der Waals surface area (Å²) >= 11 is 0. The second-order valence-electron chi connectivity index (χ2n) is 6.39. The molecule has 112 valence electrons. The molecule has 0 atom stereocenters. The van der Waals surface area contributed by atoms with E-state index >= 15 is 0 Å². The first-order chi connectivity index (χ1) is 10.2. The Balaban J connectivity index is 1.73. The van der Waals surface area contributed by atoms with Crippen LogP contribution in [0.25, 0.3) is 0 Å². The van der Waals surface area contributed by atoms with Crippen LogP contribution in [0.15, 0.2) is 6.07 Å². The smallest absolute Gasteiger partial charge is 0.258 e. The fourth-order valence-corrected chi connectivity index (χ4v) is 3.58. The Bertz CT molecular complexity index is 556. The molecular weight excluding hydrogens is 266 g/mol. The normalized spacial score (nSPS) is 20.7. The largest absolute Gasteiger partial charge is 0.493 e. The number of benzene rings is 1. The van der Waals surface area contributed by atoms with Gasteiger partial charge in [0.2, 0.25) is 0 Å². The van der Waals surface area contributed by atoms with Gasteiger partial charge in [-0.2, -0.15) is 0 Å². The van der Waals surface area contributed by atoms with Crippen molar-refractivity contribution in [2.24, 2.45) is 5.92 Å². The Labute approximate surface area is 125 Å². The Morgan fingerprint density at radius 1 is 1.19 bits per heavy atom. The van der Waals surface area contributed by atoms with Crippen molar-refractivity contribution in [2.45, 2.75) is 32.6 Å². The molecule has 0 N–H and O–H groups in total. The second kappa shape index (κ2) is 4.93. The van der Waals surface area contributed by atoms with Crippen molar-refractivity contribution in [3.8, 4) is 11.5 Å². The molecular formula is C17H21NO3. The number of hydrogen-bond donors (Lipinski definition) is 0. The van der Waals surface area contributed by atoms with Crippen LogP contribution >= 0.6 is 0 Å². The highest BCUT2D eigenvalue weighted by atomic mass is 16.5. The van der Waals surface area contributed by atoms with E-state index < -0.39 is 0 Å². The number of rotatable bonds is 1. The first-order valence-corrected chi connectivity index (χ1v) is 7.97. The number of ether oxygens (including phenoxy) is 2. The number of piperidine rings is 1. The average molecular weight is 287 g/mol. The van der Waals surface area contributed by atoms with E-state index in [2.05, 4.69) is 13.0 Å². The summed E-state index contributed by atoms with van der Waals surface area (Å²) in [6, 6.07) is 2.07. The van der Waals surface area contributed by atoms with E-state index in [-0.39, 0.29) is 5.91 Å². The third kappa shape index (κ3) is 2.08. The van der Waals surface area contributed by atoms with Crippen molar-refractivity contribution in [1.82, 2.24) is 4.90 Å². The van der Waals surface area contributed by atoms with Crippen LogP contribution in [0.3, 0.4) is 0 Å². The lowest BCUT2D eigenvalue weighted by molar-refractivity contribution is 0.0692. The molecule has 1 fully saturated rings. The van der Waals surface area contributed by atoms with E-state index in [9.17, 15) is 4.79 Å².